The topological polar surface area (TPSA) is 61.4 Å². The van der Waals surface area contributed by atoms with E-state index in [0.29, 0.717) is 39.9 Å². The van der Waals surface area contributed by atoms with Crippen molar-refractivity contribution in [2.45, 2.75) is 117 Å². The van der Waals surface area contributed by atoms with Crippen molar-refractivity contribution in [3.8, 4) is 78.9 Å². The van der Waals surface area contributed by atoms with Gasteiger partial charge in [0.1, 0.15) is 0 Å². The van der Waals surface area contributed by atoms with Crippen molar-refractivity contribution < 1.29 is 26.3 Å². The average Bonchev–Trinajstić information content (AvgIpc) is 1.56. The molecule has 0 aliphatic carbocycles. The summed E-state index contributed by atoms with van der Waals surface area (Å²) in [5.74, 6) is 1.33. The van der Waals surface area contributed by atoms with E-state index in [2.05, 4.69) is 196 Å². The molecule has 4 aromatic heterocycles. The van der Waals surface area contributed by atoms with E-state index in [4.69, 9.17) is 15.0 Å². The molecule has 0 aliphatic rings. The van der Waals surface area contributed by atoms with Crippen LogP contribution in [0.4, 0.5) is 26.3 Å². The number of rotatable bonds is 8. The maximum absolute atomic E-state index is 14.7. The summed E-state index contributed by atoms with van der Waals surface area (Å²) in [5, 5.41) is 1.96. The lowest BCUT2D eigenvalue weighted by Gasteiger charge is -2.26. The maximum Gasteiger partial charge on any atom is 0.416 e. The molecule has 12 heteroatoms. The molecule has 9 aromatic carbocycles. The van der Waals surface area contributed by atoms with Gasteiger partial charge in [0.05, 0.1) is 50.8 Å². The summed E-state index contributed by atoms with van der Waals surface area (Å²) in [6.07, 6.45) is -6.30. The Morgan fingerprint density at radius 3 is 1.03 bits per heavy atom. The van der Waals surface area contributed by atoms with Crippen LogP contribution < -0.4 is 0 Å². The van der Waals surface area contributed by atoms with Crippen molar-refractivity contribution >= 4 is 43.6 Å². The summed E-state index contributed by atoms with van der Waals surface area (Å²) in [5.41, 5.74) is 12.6. The SMILES string of the molecule is CC(C)(C)c1cc(-c2nc(-c3cc(C(C)(C)C)cc(C(C)(C)C)c3)nc(-c3ccc(-n4c5ccc(-c6ccccc6)cc5c5cc(-c6ccccc6)ccc54)c(-c4ccncc4-n4c5ccc(C(F)(F)F)cc5c5cc(C(F)(F)F)ccc54)c3)n2)cc(C(C)(C)C)c1. The molecule has 0 N–H and O–H groups in total. The number of alkyl halides is 6. The molecule has 0 amide bonds. The van der Waals surface area contributed by atoms with Crippen molar-refractivity contribution in [3.05, 3.63) is 240 Å². The first kappa shape index (κ1) is 61.2. The zero-order valence-corrected chi connectivity index (χ0v) is 53.6. The highest BCUT2D eigenvalue weighted by Gasteiger charge is 2.35. The predicted octanol–water partition coefficient (Wildman–Crippen LogP) is 22.7. The van der Waals surface area contributed by atoms with Gasteiger partial charge in [0.2, 0.25) is 0 Å². The lowest BCUT2D eigenvalue weighted by molar-refractivity contribution is -0.138. The fourth-order valence-corrected chi connectivity index (χ4v) is 12.4. The minimum absolute atomic E-state index is 0.00363. The minimum atomic E-state index is -4.78. The molecule has 13 aromatic rings. The van der Waals surface area contributed by atoms with E-state index in [1.807, 2.05) is 54.6 Å². The standard InChI is InChI=1S/C80H70F6N6/c1-75(2,3)56-35-52(36-57(42-56)76(4,5)6)73-88-72(89-74(90-73)53-37-58(77(7,8)9)43-59(38-53)78(10,11)12)51-25-30-66(91-67-28-23-49(47-19-15-13-16-20-47)39-62(67)63-40-50(24-29-68(63)91)48-21-17-14-18-22-48)61(41-51)60-33-34-87-46-71(60)92-69-31-26-54(79(81,82)83)44-64(69)65-45-55(80(84,85)86)27-32-70(65)92/h13-46H,1-12H3. The lowest BCUT2D eigenvalue weighted by atomic mass is 9.79. The molecule has 0 unspecified atom stereocenters. The Morgan fingerprint density at radius 1 is 0.283 bits per heavy atom. The van der Waals surface area contributed by atoms with Crippen LogP contribution in [0.5, 0.6) is 0 Å². The van der Waals surface area contributed by atoms with Gasteiger partial charge in [-0.05, 0) is 175 Å². The largest absolute Gasteiger partial charge is 0.416 e. The van der Waals surface area contributed by atoms with Crippen LogP contribution in [0, 0.1) is 0 Å². The monoisotopic (exact) mass is 1230 g/mol. The average molecular weight is 1230 g/mol. The number of pyridine rings is 1. The molecule has 0 bridgehead atoms. The van der Waals surface area contributed by atoms with E-state index in [-0.39, 0.29) is 43.5 Å². The second-order valence-electron chi connectivity index (χ2n) is 28.4. The van der Waals surface area contributed by atoms with E-state index in [9.17, 15) is 26.3 Å². The molecule has 0 spiro atoms. The van der Waals surface area contributed by atoms with Crippen LogP contribution >= 0.6 is 0 Å². The van der Waals surface area contributed by atoms with Gasteiger partial charge in [0, 0.05) is 55.6 Å². The van der Waals surface area contributed by atoms with Gasteiger partial charge in [0.25, 0.3) is 0 Å². The molecule has 6 nitrogen and oxygen atoms in total. The van der Waals surface area contributed by atoms with Gasteiger partial charge in [-0.3, -0.25) is 4.98 Å². The van der Waals surface area contributed by atoms with E-state index in [0.717, 1.165) is 107 Å². The number of benzene rings is 9. The molecule has 0 atom stereocenters. The van der Waals surface area contributed by atoms with Crippen LogP contribution in [0.2, 0.25) is 0 Å². The highest BCUT2D eigenvalue weighted by atomic mass is 19.4. The number of hydrogen-bond acceptors (Lipinski definition) is 4. The Morgan fingerprint density at radius 2 is 0.641 bits per heavy atom. The summed E-state index contributed by atoms with van der Waals surface area (Å²) < 4.78 is 92.1. The van der Waals surface area contributed by atoms with Gasteiger partial charge < -0.3 is 9.13 Å². The van der Waals surface area contributed by atoms with Crippen molar-refractivity contribution in [2.24, 2.45) is 0 Å². The normalized spacial score (nSPS) is 12.9. The first-order valence-electron chi connectivity index (χ1n) is 31.0. The highest BCUT2D eigenvalue weighted by Crippen LogP contribution is 2.46. The fourth-order valence-electron chi connectivity index (χ4n) is 12.4. The molecule has 462 valence electrons. The quantitative estimate of drug-likeness (QED) is 0.142. The minimum Gasteiger partial charge on any atom is -0.309 e. The van der Waals surface area contributed by atoms with Crippen LogP contribution in [0.25, 0.3) is 123 Å². The summed E-state index contributed by atoms with van der Waals surface area (Å²) >= 11 is 0. The first-order chi connectivity index (χ1) is 43.4. The summed E-state index contributed by atoms with van der Waals surface area (Å²) in [6, 6.07) is 61.1. The second kappa shape index (κ2) is 22.0. The Kier molecular flexibility index (Phi) is 14.7. The predicted molar refractivity (Wildman–Crippen MR) is 364 cm³/mol. The second-order valence-corrected chi connectivity index (χ2v) is 28.4. The first-order valence-corrected chi connectivity index (χ1v) is 31.0. The zero-order valence-electron chi connectivity index (χ0n) is 53.6. The Labute approximate surface area is 532 Å². The Bertz CT molecular complexity index is 4720. The number of fused-ring (bicyclic) bond motifs is 6. The van der Waals surface area contributed by atoms with Gasteiger partial charge in [0.15, 0.2) is 17.5 Å². The zero-order chi connectivity index (χ0) is 65.2. The van der Waals surface area contributed by atoms with Gasteiger partial charge in [-0.2, -0.15) is 26.3 Å². The third kappa shape index (κ3) is 11.4. The molecule has 92 heavy (non-hydrogen) atoms. The number of halogens is 6. The Hall–Kier alpha value is -9.68. The van der Waals surface area contributed by atoms with Gasteiger partial charge in [-0.15, -0.1) is 0 Å². The van der Waals surface area contributed by atoms with Crippen molar-refractivity contribution in [2.75, 3.05) is 0 Å². The molecule has 0 radical (unpaired) electrons. The molecule has 4 heterocycles. The third-order valence-electron chi connectivity index (χ3n) is 17.7. The number of nitrogens with zero attached hydrogens (tertiary/aromatic N) is 6. The van der Waals surface area contributed by atoms with Crippen LogP contribution in [-0.4, -0.2) is 29.1 Å². The van der Waals surface area contributed by atoms with Crippen LogP contribution in [0.3, 0.4) is 0 Å². The molecular formula is C80H70F6N6. The Balaban J connectivity index is 1.14. The van der Waals surface area contributed by atoms with E-state index in [1.54, 1.807) is 17.0 Å². The van der Waals surface area contributed by atoms with Gasteiger partial charge >= 0.3 is 12.4 Å². The highest BCUT2D eigenvalue weighted by molar-refractivity contribution is 6.13. The van der Waals surface area contributed by atoms with Crippen molar-refractivity contribution in [3.63, 3.8) is 0 Å². The summed E-state index contributed by atoms with van der Waals surface area (Å²) in [7, 11) is 0. The van der Waals surface area contributed by atoms with Gasteiger partial charge in [-0.25, -0.2) is 15.0 Å². The van der Waals surface area contributed by atoms with E-state index >= 15 is 0 Å². The fraction of sp³-hybridized carbons (Fsp3) is 0.225. The van der Waals surface area contributed by atoms with Crippen molar-refractivity contribution in [1.29, 1.82) is 0 Å². The van der Waals surface area contributed by atoms with Crippen LogP contribution in [0.1, 0.15) is 116 Å². The van der Waals surface area contributed by atoms with Crippen LogP contribution in [-0.2, 0) is 34.0 Å². The summed E-state index contributed by atoms with van der Waals surface area (Å²) in [4.78, 5) is 21.0. The number of hydrogen-bond donors (Lipinski definition) is 0. The maximum atomic E-state index is 14.7. The molecular weight excluding hydrogens is 1160 g/mol. The molecule has 13 rings (SSSR count). The number of aromatic nitrogens is 6. The smallest absolute Gasteiger partial charge is 0.309 e. The van der Waals surface area contributed by atoms with Crippen LogP contribution in [0.15, 0.2) is 207 Å². The molecule has 0 saturated carbocycles. The van der Waals surface area contributed by atoms with E-state index in [1.165, 1.54) is 12.1 Å². The van der Waals surface area contributed by atoms with E-state index < -0.39 is 23.5 Å². The van der Waals surface area contributed by atoms with Crippen molar-refractivity contribution in [1.82, 2.24) is 29.1 Å². The molecule has 0 fully saturated rings. The van der Waals surface area contributed by atoms with Gasteiger partial charge in [-0.1, -0.05) is 168 Å². The molecule has 0 saturated heterocycles. The lowest BCUT2D eigenvalue weighted by Crippen LogP contribution is -2.17. The summed E-state index contributed by atoms with van der Waals surface area (Å²) in [6.45, 7) is 26.4. The molecule has 0 aliphatic heterocycles. The third-order valence-corrected chi connectivity index (χ3v) is 17.7.